The number of nitrogens with one attached hydrogen (secondary N) is 2. The number of aromatic nitrogens is 3. The van der Waals surface area contributed by atoms with Gasteiger partial charge in [-0.1, -0.05) is 29.8 Å². The van der Waals surface area contributed by atoms with E-state index >= 15 is 0 Å². The lowest BCUT2D eigenvalue weighted by Crippen LogP contribution is -2.33. The Balaban J connectivity index is 1.77. The van der Waals surface area contributed by atoms with Crippen LogP contribution >= 0.6 is 11.3 Å². The molecule has 1 atom stereocenters. The van der Waals surface area contributed by atoms with E-state index in [2.05, 4.69) is 20.7 Å². The van der Waals surface area contributed by atoms with Gasteiger partial charge in [0, 0.05) is 24.1 Å². The number of anilines is 1. The molecule has 3 aromatic rings. The van der Waals surface area contributed by atoms with Gasteiger partial charge in [-0.15, -0.1) is 11.3 Å². The highest BCUT2D eigenvalue weighted by atomic mass is 32.1. The molecule has 2 N–H and O–H groups in total. The van der Waals surface area contributed by atoms with Crippen LogP contribution in [0.3, 0.4) is 0 Å². The molecule has 0 fully saturated rings. The summed E-state index contributed by atoms with van der Waals surface area (Å²) in [4.78, 5) is 40.6. The molecule has 0 spiro atoms. The number of hydrogen-bond acceptors (Lipinski definition) is 6. The summed E-state index contributed by atoms with van der Waals surface area (Å²) in [7, 11) is 1.55. The molecule has 0 aliphatic carbocycles. The van der Waals surface area contributed by atoms with Crippen LogP contribution in [0, 0.1) is 6.92 Å². The first kappa shape index (κ1) is 20.4. The van der Waals surface area contributed by atoms with E-state index in [1.54, 1.807) is 25.4 Å². The number of hydrogen-bond donors (Lipinski definition) is 2. The topological polar surface area (TPSA) is 106 Å². The number of thiazole rings is 1. The van der Waals surface area contributed by atoms with Crippen molar-refractivity contribution in [2.75, 3.05) is 12.4 Å². The number of carbonyl (C=O) groups is 2. The highest BCUT2D eigenvalue weighted by molar-refractivity contribution is 7.13. The number of rotatable bonds is 6. The second-order valence-corrected chi connectivity index (χ2v) is 7.38. The van der Waals surface area contributed by atoms with E-state index in [1.165, 1.54) is 17.4 Å². The van der Waals surface area contributed by atoms with Gasteiger partial charge in [0.15, 0.2) is 5.13 Å². The molecule has 0 radical (unpaired) electrons. The third-order valence-electron chi connectivity index (χ3n) is 4.32. The molecule has 2 amide bonds. The summed E-state index contributed by atoms with van der Waals surface area (Å²) in [6, 6.07) is 9.96. The molecule has 1 aromatic carbocycles. The molecule has 8 nitrogen and oxygen atoms in total. The van der Waals surface area contributed by atoms with Crippen molar-refractivity contribution in [3.8, 4) is 11.3 Å². The molecule has 3 rings (SSSR count). The number of likely N-dealkylation sites (N-methyl/N-ethyl adjacent to an activating group) is 1. The third kappa shape index (κ3) is 4.94. The van der Waals surface area contributed by atoms with Gasteiger partial charge in [-0.3, -0.25) is 14.4 Å². The maximum atomic E-state index is 12.6. The van der Waals surface area contributed by atoms with Crippen molar-refractivity contribution >= 4 is 28.3 Å². The standard InChI is InChI=1S/C20H21N5O3S/c1-12-4-6-14(7-5-12)16-8-9-18(27)25(24-16)13(2)19(28)23-20-22-15(11-29-20)10-17(26)21-3/h4-9,11,13H,10H2,1-3H3,(H,21,26)(H,22,23,28). The largest absolute Gasteiger partial charge is 0.359 e. The fourth-order valence-electron chi connectivity index (χ4n) is 2.60. The Morgan fingerprint density at radius 3 is 2.59 bits per heavy atom. The Kier molecular flexibility index (Phi) is 6.18. The van der Waals surface area contributed by atoms with Gasteiger partial charge in [0.25, 0.3) is 11.5 Å². The van der Waals surface area contributed by atoms with Crippen molar-refractivity contribution in [2.24, 2.45) is 0 Å². The minimum absolute atomic E-state index is 0.137. The van der Waals surface area contributed by atoms with Crippen LogP contribution in [0.5, 0.6) is 0 Å². The Bertz CT molecular complexity index is 1090. The summed E-state index contributed by atoms with van der Waals surface area (Å²) in [6.07, 6.45) is 0.137. The van der Waals surface area contributed by atoms with Gasteiger partial charge in [0.05, 0.1) is 17.8 Å². The Morgan fingerprint density at radius 1 is 1.17 bits per heavy atom. The lowest BCUT2D eigenvalue weighted by atomic mass is 10.1. The van der Waals surface area contributed by atoms with Crippen molar-refractivity contribution in [2.45, 2.75) is 26.3 Å². The van der Waals surface area contributed by atoms with Gasteiger partial charge in [0.1, 0.15) is 6.04 Å². The van der Waals surface area contributed by atoms with Crippen molar-refractivity contribution in [1.29, 1.82) is 0 Å². The fourth-order valence-corrected chi connectivity index (χ4v) is 3.31. The van der Waals surface area contributed by atoms with Gasteiger partial charge >= 0.3 is 0 Å². The molecular weight excluding hydrogens is 390 g/mol. The Labute approximate surface area is 171 Å². The molecule has 0 bridgehead atoms. The maximum absolute atomic E-state index is 12.6. The van der Waals surface area contributed by atoms with Crippen molar-refractivity contribution in [3.63, 3.8) is 0 Å². The second kappa shape index (κ2) is 8.78. The van der Waals surface area contributed by atoms with Crippen LogP contribution in [-0.4, -0.2) is 33.6 Å². The molecule has 0 aliphatic heterocycles. The van der Waals surface area contributed by atoms with Gasteiger partial charge in [-0.2, -0.15) is 5.10 Å². The molecule has 2 aromatic heterocycles. The maximum Gasteiger partial charge on any atom is 0.267 e. The van der Waals surface area contributed by atoms with E-state index in [4.69, 9.17) is 0 Å². The number of carbonyl (C=O) groups excluding carboxylic acids is 2. The summed E-state index contributed by atoms with van der Waals surface area (Å²) >= 11 is 1.22. The first-order valence-corrected chi connectivity index (χ1v) is 9.88. The predicted octanol–water partition coefficient (Wildman–Crippen LogP) is 2.16. The number of amides is 2. The van der Waals surface area contributed by atoms with Gasteiger partial charge in [-0.05, 0) is 19.9 Å². The second-order valence-electron chi connectivity index (χ2n) is 6.53. The third-order valence-corrected chi connectivity index (χ3v) is 5.13. The summed E-state index contributed by atoms with van der Waals surface area (Å²) in [5.41, 5.74) is 2.77. The lowest BCUT2D eigenvalue weighted by Gasteiger charge is -2.14. The molecule has 0 aliphatic rings. The van der Waals surface area contributed by atoms with Gasteiger partial charge < -0.3 is 10.6 Å². The molecule has 150 valence electrons. The Morgan fingerprint density at radius 2 is 1.90 bits per heavy atom. The number of aryl methyl sites for hydroxylation is 1. The van der Waals surface area contributed by atoms with Crippen molar-refractivity contribution < 1.29 is 9.59 Å². The van der Waals surface area contributed by atoms with Gasteiger partial charge in [-0.25, -0.2) is 9.67 Å². The van der Waals surface area contributed by atoms with Crippen LogP contribution in [0.2, 0.25) is 0 Å². The summed E-state index contributed by atoms with van der Waals surface area (Å²) in [5, 5.41) is 11.6. The van der Waals surface area contributed by atoms with Crippen LogP contribution in [0.1, 0.15) is 24.2 Å². The fraction of sp³-hybridized carbons (Fsp3) is 0.250. The van der Waals surface area contributed by atoms with Crippen LogP contribution < -0.4 is 16.2 Å². The van der Waals surface area contributed by atoms with Crippen molar-refractivity contribution in [3.05, 3.63) is 63.4 Å². The average molecular weight is 411 g/mol. The zero-order chi connectivity index (χ0) is 21.0. The van der Waals surface area contributed by atoms with Crippen LogP contribution in [0.4, 0.5) is 5.13 Å². The highest BCUT2D eigenvalue weighted by Crippen LogP contribution is 2.19. The molecule has 2 heterocycles. The van der Waals surface area contributed by atoms with E-state index < -0.39 is 11.9 Å². The van der Waals surface area contributed by atoms with E-state index in [-0.39, 0.29) is 17.9 Å². The first-order valence-electron chi connectivity index (χ1n) is 9.00. The smallest absolute Gasteiger partial charge is 0.267 e. The summed E-state index contributed by atoms with van der Waals surface area (Å²) in [5.74, 6) is -0.577. The molecule has 1 unspecified atom stereocenters. The van der Waals surface area contributed by atoms with E-state index in [0.717, 1.165) is 15.8 Å². The minimum atomic E-state index is -0.834. The van der Waals surface area contributed by atoms with E-state index in [0.29, 0.717) is 16.5 Å². The molecule has 0 saturated heterocycles. The Hall–Kier alpha value is -3.33. The molecular formula is C20H21N5O3S. The lowest BCUT2D eigenvalue weighted by molar-refractivity contribution is -0.120. The quantitative estimate of drug-likeness (QED) is 0.647. The van der Waals surface area contributed by atoms with E-state index in [1.807, 2.05) is 31.2 Å². The van der Waals surface area contributed by atoms with Crippen LogP contribution in [0.25, 0.3) is 11.3 Å². The zero-order valence-electron chi connectivity index (χ0n) is 16.3. The first-order chi connectivity index (χ1) is 13.9. The highest BCUT2D eigenvalue weighted by Gasteiger charge is 2.19. The summed E-state index contributed by atoms with van der Waals surface area (Å²) in [6.45, 7) is 3.59. The predicted molar refractivity (Wildman–Crippen MR) is 112 cm³/mol. The molecule has 29 heavy (non-hydrogen) atoms. The van der Waals surface area contributed by atoms with E-state index in [9.17, 15) is 14.4 Å². The summed E-state index contributed by atoms with van der Waals surface area (Å²) < 4.78 is 1.16. The van der Waals surface area contributed by atoms with Crippen molar-refractivity contribution in [1.82, 2.24) is 20.1 Å². The van der Waals surface area contributed by atoms with Crippen LogP contribution in [0.15, 0.2) is 46.6 Å². The number of nitrogens with zero attached hydrogens (tertiary/aromatic N) is 3. The van der Waals surface area contributed by atoms with Crippen LogP contribution in [-0.2, 0) is 16.0 Å². The SMILES string of the molecule is CNC(=O)Cc1csc(NC(=O)C(C)n2nc(-c3ccc(C)cc3)ccc2=O)n1. The zero-order valence-corrected chi connectivity index (χ0v) is 17.1. The normalized spacial score (nSPS) is 11.7. The molecule has 0 saturated carbocycles. The number of benzene rings is 1. The monoisotopic (exact) mass is 411 g/mol. The average Bonchev–Trinajstić information content (AvgIpc) is 3.15. The van der Waals surface area contributed by atoms with Gasteiger partial charge in [0.2, 0.25) is 5.91 Å². The molecule has 9 heteroatoms. The minimum Gasteiger partial charge on any atom is -0.359 e.